The van der Waals surface area contributed by atoms with Gasteiger partial charge in [0.2, 0.25) is 10.0 Å². The van der Waals surface area contributed by atoms with Crippen LogP contribution in [-0.2, 0) is 33.8 Å². The zero-order valence-electron chi connectivity index (χ0n) is 27.7. The fraction of sp³-hybridized carbons (Fsp3) is 0.444. The zero-order chi connectivity index (χ0) is 33.4. The van der Waals surface area contributed by atoms with Gasteiger partial charge in [-0.05, 0) is 54.9 Å². The minimum absolute atomic E-state index is 0.0751. The van der Waals surface area contributed by atoms with Gasteiger partial charge in [0.05, 0.1) is 18.1 Å². The van der Waals surface area contributed by atoms with Crippen molar-refractivity contribution < 1.29 is 32.2 Å². The highest BCUT2D eigenvalue weighted by Gasteiger charge is 2.71. The molecule has 1 heterocycles. The SMILES string of the molecule is Cc1ccc([C@H]2OC(c3cccc(C)c3)N(S(=O)(=O)c3ccc(C)cc3)C2(C(=O)OCC(C)(C)C)C(=O)OCC(C)(C)C)cc1. The number of carbonyl (C=O) groups is 2. The Kier molecular flexibility index (Phi) is 9.69. The molecule has 2 atom stereocenters. The molecule has 3 aromatic rings. The molecule has 0 amide bonds. The van der Waals surface area contributed by atoms with E-state index >= 15 is 0 Å². The maximum Gasteiger partial charge on any atom is 0.342 e. The number of aryl methyl sites for hydroxylation is 3. The number of carbonyl (C=O) groups excluding carboxylic acids is 2. The Hall–Kier alpha value is -3.53. The number of nitrogens with zero attached hydrogens (tertiary/aromatic N) is 1. The molecule has 1 aliphatic rings. The number of rotatable bonds is 8. The molecular formula is C36H45NO7S. The van der Waals surface area contributed by atoms with Crippen molar-refractivity contribution in [1.82, 2.24) is 4.31 Å². The normalized spacial score (nSPS) is 18.9. The van der Waals surface area contributed by atoms with E-state index in [1.165, 1.54) is 12.1 Å². The fourth-order valence-corrected chi connectivity index (χ4v) is 6.84. The van der Waals surface area contributed by atoms with Crippen molar-refractivity contribution in [2.45, 2.75) is 85.1 Å². The van der Waals surface area contributed by atoms with E-state index in [9.17, 15) is 18.0 Å². The molecular weight excluding hydrogens is 590 g/mol. The number of esters is 2. The van der Waals surface area contributed by atoms with E-state index in [4.69, 9.17) is 14.2 Å². The zero-order valence-corrected chi connectivity index (χ0v) is 28.5. The number of hydrogen-bond donors (Lipinski definition) is 0. The molecule has 45 heavy (non-hydrogen) atoms. The van der Waals surface area contributed by atoms with E-state index in [2.05, 4.69) is 0 Å². The quantitative estimate of drug-likeness (QED) is 0.194. The van der Waals surface area contributed by atoms with E-state index < -0.39 is 50.7 Å². The van der Waals surface area contributed by atoms with Crippen LogP contribution in [0.25, 0.3) is 0 Å². The second-order valence-corrected chi connectivity index (χ2v) is 16.2. The first kappa shape index (κ1) is 34.3. The maximum atomic E-state index is 14.9. The first-order chi connectivity index (χ1) is 20.9. The third kappa shape index (κ3) is 7.32. The molecule has 3 aromatic carbocycles. The summed E-state index contributed by atoms with van der Waals surface area (Å²) in [6.07, 6.45) is -2.77. The Morgan fingerprint density at radius 2 is 1.22 bits per heavy atom. The summed E-state index contributed by atoms with van der Waals surface area (Å²) in [6, 6.07) is 20.5. The van der Waals surface area contributed by atoms with Crippen molar-refractivity contribution in [1.29, 1.82) is 0 Å². The van der Waals surface area contributed by atoms with Gasteiger partial charge in [0, 0.05) is 0 Å². The number of hydrogen-bond acceptors (Lipinski definition) is 7. The van der Waals surface area contributed by atoms with E-state index in [1.807, 2.05) is 80.5 Å². The summed E-state index contributed by atoms with van der Waals surface area (Å²) in [4.78, 5) is 29.3. The van der Waals surface area contributed by atoms with Crippen LogP contribution in [0.4, 0.5) is 0 Å². The first-order valence-corrected chi connectivity index (χ1v) is 16.5. The molecule has 0 bridgehead atoms. The largest absolute Gasteiger partial charge is 0.463 e. The van der Waals surface area contributed by atoms with Crippen LogP contribution in [0.5, 0.6) is 0 Å². The van der Waals surface area contributed by atoms with E-state index in [-0.39, 0.29) is 18.1 Å². The first-order valence-electron chi connectivity index (χ1n) is 15.1. The fourth-order valence-electron chi connectivity index (χ4n) is 5.08. The highest BCUT2D eigenvalue weighted by Crippen LogP contribution is 2.53. The van der Waals surface area contributed by atoms with Gasteiger partial charge in [-0.3, -0.25) is 0 Å². The summed E-state index contributed by atoms with van der Waals surface area (Å²) in [7, 11) is -4.61. The van der Waals surface area contributed by atoms with Gasteiger partial charge in [0.15, 0.2) is 6.23 Å². The molecule has 0 aliphatic carbocycles. The Bertz CT molecular complexity index is 1600. The third-order valence-corrected chi connectivity index (χ3v) is 9.25. The molecule has 242 valence electrons. The lowest BCUT2D eigenvalue weighted by molar-refractivity contribution is -0.176. The second kappa shape index (κ2) is 12.7. The molecule has 1 fully saturated rings. The van der Waals surface area contributed by atoms with Crippen molar-refractivity contribution >= 4 is 22.0 Å². The standard InChI is InChI=1S/C36H45NO7S/c1-24-13-17-27(18-14-24)30-36(32(38)42-22-34(4,5)6,33(39)43-23-35(7,8)9)37(31(44-30)28-12-10-11-26(3)21-28)45(40,41)29-19-15-25(2)16-20-29/h10-21,30-31H,22-23H2,1-9H3/t30-,31?/m1/s1. The van der Waals surface area contributed by atoms with Crippen molar-refractivity contribution in [2.24, 2.45) is 10.8 Å². The van der Waals surface area contributed by atoms with Gasteiger partial charge >= 0.3 is 11.9 Å². The van der Waals surface area contributed by atoms with Crippen molar-refractivity contribution in [2.75, 3.05) is 13.2 Å². The Morgan fingerprint density at radius 1 is 0.733 bits per heavy atom. The molecule has 9 heteroatoms. The van der Waals surface area contributed by atoms with Gasteiger partial charge in [0.1, 0.15) is 6.10 Å². The number of benzene rings is 3. The van der Waals surface area contributed by atoms with Gasteiger partial charge in [-0.1, -0.05) is 119 Å². The minimum Gasteiger partial charge on any atom is -0.463 e. The molecule has 8 nitrogen and oxygen atoms in total. The highest BCUT2D eigenvalue weighted by atomic mass is 32.2. The van der Waals surface area contributed by atoms with Gasteiger partial charge in [-0.15, -0.1) is 4.31 Å². The van der Waals surface area contributed by atoms with E-state index in [0.717, 1.165) is 21.0 Å². The van der Waals surface area contributed by atoms with Gasteiger partial charge in [-0.2, -0.15) is 0 Å². The van der Waals surface area contributed by atoms with Crippen molar-refractivity contribution in [3.05, 3.63) is 101 Å². The monoisotopic (exact) mass is 635 g/mol. The lowest BCUT2D eigenvalue weighted by Gasteiger charge is -2.37. The van der Waals surface area contributed by atoms with Crippen LogP contribution in [-0.4, -0.2) is 43.4 Å². The second-order valence-electron chi connectivity index (χ2n) is 14.3. The van der Waals surface area contributed by atoms with Crippen LogP contribution in [0.2, 0.25) is 0 Å². The van der Waals surface area contributed by atoms with E-state index in [1.54, 1.807) is 42.5 Å². The van der Waals surface area contributed by atoms with Crippen molar-refractivity contribution in [3.8, 4) is 0 Å². The summed E-state index contributed by atoms with van der Waals surface area (Å²) >= 11 is 0. The van der Waals surface area contributed by atoms with Gasteiger partial charge < -0.3 is 14.2 Å². The number of ether oxygens (including phenoxy) is 3. The lowest BCUT2D eigenvalue weighted by atomic mass is 9.87. The summed E-state index contributed by atoms with van der Waals surface area (Å²) in [5, 5.41) is 0. The van der Waals surface area contributed by atoms with Crippen LogP contribution in [0.3, 0.4) is 0 Å². The summed E-state index contributed by atoms with van der Waals surface area (Å²) in [6.45, 7) is 16.7. The topological polar surface area (TPSA) is 99.2 Å². The molecule has 4 rings (SSSR count). The van der Waals surface area contributed by atoms with E-state index in [0.29, 0.717) is 11.1 Å². The summed E-state index contributed by atoms with van der Waals surface area (Å²) < 4.78 is 49.1. The van der Waals surface area contributed by atoms with Crippen LogP contribution in [0.15, 0.2) is 77.7 Å². The summed E-state index contributed by atoms with van der Waals surface area (Å²) in [5.41, 5.74) is -0.0179. The summed E-state index contributed by atoms with van der Waals surface area (Å²) in [5.74, 6) is -2.12. The maximum absolute atomic E-state index is 14.9. The average molecular weight is 636 g/mol. The minimum atomic E-state index is -4.61. The Labute approximate surface area is 267 Å². The van der Waals surface area contributed by atoms with Gasteiger partial charge in [0.25, 0.3) is 5.54 Å². The molecule has 1 saturated heterocycles. The Balaban J connectivity index is 2.09. The molecule has 0 aromatic heterocycles. The smallest absolute Gasteiger partial charge is 0.342 e. The molecule has 0 radical (unpaired) electrons. The number of sulfonamides is 1. The average Bonchev–Trinajstić information content (AvgIpc) is 3.32. The molecule has 0 N–H and O–H groups in total. The van der Waals surface area contributed by atoms with Crippen LogP contribution in [0.1, 0.15) is 81.7 Å². The lowest BCUT2D eigenvalue weighted by Crippen LogP contribution is -2.63. The van der Waals surface area contributed by atoms with Crippen LogP contribution >= 0.6 is 0 Å². The van der Waals surface area contributed by atoms with Gasteiger partial charge in [-0.25, -0.2) is 18.0 Å². The molecule has 1 unspecified atom stereocenters. The predicted octanol–water partition coefficient (Wildman–Crippen LogP) is 6.99. The Morgan fingerprint density at radius 3 is 1.69 bits per heavy atom. The van der Waals surface area contributed by atoms with Crippen molar-refractivity contribution in [3.63, 3.8) is 0 Å². The molecule has 1 aliphatic heterocycles. The highest BCUT2D eigenvalue weighted by molar-refractivity contribution is 7.89. The third-order valence-electron chi connectivity index (χ3n) is 7.39. The predicted molar refractivity (Wildman–Crippen MR) is 173 cm³/mol. The molecule has 0 saturated carbocycles. The van der Waals surface area contributed by atoms with Crippen LogP contribution in [0, 0.1) is 31.6 Å². The van der Waals surface area contributed by atoms with Crippen LogP contribution < -0.4 is 0 Å². The molecule has 0 spiro atoms.